The highest BCUT2D eigenvalue weighted by atomic mass is 15.0. The lowest BCUT2D eigenvalue weighted by Gasteiger charge is -2.12. The zero-order valence-corrected chi connectivity index (χ0v) is 26.0. The molecule has 0 aliphatic carbocycles. The van der Waals surface area contributed by atoms with Crippen LogP contribution in [0, 0.1) is 0 Å². The molecule has 0 bridgehead atoms. The lowest BCUT2D eigenvalue weighted by molar-refractivity contribution is 1.17. The summed E-state index contributed by atoms with van der Waals surface area (Å²) in [6, 6.07) is 60.1. The lowest BCUT2D eigenvalue weighted by Crippen LogP contribution is -1.97. The van der Waals surface area contributed by atoms with Crippen LogP contribution in [-0.4, -0.2) is 19.1 Å². The van der Waals surface area contributed by atoms with Crippen molar-refractivity contribution in [1.29, 1.82) is 0 Å². The number of benzene rings is 7. The first-order valence-corrected chi connectivity index (χ1v) is 16.3. The molecule has 4 heteroatoms. The lowest BCUT2D eigenvalue weighted by atomic mass is 10.0. The first kappa shape index (κ1) is 26.7. The summed E-state index contributed by atoms with van der Waals surface area (Å²) in [5.74, 6) is 0.712. The van der Waals surface area contributed by atoms with E-state index < -0.39 is 0 Å². The van der Waals surface area contributed by atoms with Gasteiger partial charge in [0, 0.05) is 49.4 Å². The van der Waals surface area contributed by atoms with E-state index in [1.54, 1.807) is 0 Å². The van der Waals surface area contributed by atoms with Crippen LogP contribution in [0.4, 0.5) is 0 Å². The van der Waals surface area contributed by atoms with Crippen LogP contribution in [0.1, 0.15) is 0 Å². The molecule has 4 nitrogen and oxygen atoms in total. The van der Waals surface area contributed by atoms with Crippen LogP contribution in [0.5, 0.6) is 0 Å². The average molecular weight is 613 g/mol. The normalized spacial score (nSPS) is 11.8. The Balaban J connectivity index is 1.13. The molecule has 0 N–H and O–H groups in total. The third kappa shape index (κ3) is 4.03. The summed E-state index contributed by atoms with van der Waals surface area (Å²) in [5.41, 5.74) is 10.9. The highest BCUT2D eigenvalue weighted by Crippen LogP contribution is 2.37. The Morgan fingerprint density at radius 3 is 1.46 bits per heavy atom. The number of rotatable bonds is 4. The third-order valence-electron chi connectivity index (χ3n) is 9.53. The number of hydrogen-bond donors (Lipinski definition) is 0. The molecule has 7 aromatic carbocycles. The summed E-state index contributed by atoms with van der Waals surface area (Å²) in [6.07, 6.45) is 0. The summed E-state index contributed by atoms with van der Waals surface area (Å²) in [7, 11) is 0. The molecule has 10 rings (SSSR count). The second kappa shape index (κ2) is 10.5. The third-order valence-corrected chi connectivity index (χ3v) is 9.53. The van der Waals surface area contributed by atoms with E-state index in [1.807, 2.05) is 6.07 Å². The van der Waals surface area contributed by atoms with Gasteiger partial charge in [0.25, 0.3) is 0 Å². The molecule has 10 aromatic rings. The van der Waals surface area contributed by atoms with Crippen molar-refractivity contribution in [3.63, 3.8) is 0 Å². The van der Waals surface area contributed by atoms with Crippen molar-refractivity contribution >= 4 is 54.5 Å². The summed E-state index contributed by atoms with van der Waals surface area (Å²) >= 11 is 0. The van der Waals surface area contributed by atoms with Gasteiger partial charge in [-0.05, 0) is 72.8 Å². The molecule has 0 amide bonds. The highest BCUT2D eigenvalue weighted by Gasteiger charge is 2.17. The van der Waals surface area contributed by atoms with Gasteiger partial charge >= 0.3 is 0 Å². The van der Waals surface area contributed by atoms with Crippen molar-refractivity contribution in [3.05, 3.63) is 170 Å². The summed E-state index contributed by atoms with van der Waals surface area (Å²) in [6.45, 7) is 0. The first-order chi connectivity index (χ1) is 23.8. The molecular formula is C44H28N4. The number of nitrogens with zero attached hydrogens (tertiary/aromatic N) is 4. The van der Waals surface area contributed by atoms with Crippen LogP contribution in [0.25, 0.3) is 88.5 Å². The topological polar surface area (TPSA) is 35.6 Å². The Bertz CT molecular complexity index is 2770. The Labute approximate surface area is 276 Å². The predicted molar refractivity (Wildman–Crippen MR) is 199 cm³/mol. The molecule has 0 unspecified atom stereocenters. The van der Waals surface area contributed by atoms with E-state index in [9.17, 15) is 0 Å². The van der Waals surface area contributed by atoms with Crippen molar-refractivity contribution < 1.29 is 0 Å². The molecule has 0 saturated carbocycles. The van der Waals surface area contributed by atoms with Gasteiger partial charge in [0.2, 0.25) is 0 Å². The Morgan fingerprint density at radius 1 is 0.333 bits per heavy atom. The predicted octanol–water partition coefficient (Wildman–Crippen LogP) is 11.2. The first-order valence-electron chi connectivity index (χ1n) is 16.3. The van der Waals surface area contributed by atoms with Gasteiger partial charge in [0.05, 0.1) is 33.3 Å². The van der Waals surface area contributed by atoms with Gasteiger partial charge in [0.15, 0.2) is 5.82 Å². The van der Waals surface area contributed by atoms with Crippen LogP contribution < -0.4 is 0 Å². The van der Waals surface area contributed by atoms with E-state index in [4.69, 9.17) is 9.97 Å². The largest absolute Gasteiger partial charge is 0.309 e. The molecule has 3 aromatic heterocycles. The Kier molecular flexibility index (Phi) is 5.84. The Hall–Kier alpha value is -6.52. The number of para-hydroxylation sites is 5. The van der Waals surface area contributed by atoms with Gasteiger partial charge in [0.1, 0.15) is 0 Å². The van der Waals surface area contributed by atoms with E-state index in [0.29, 0.717) is 5.82 Å². The zero-order valence-electron chi connectivity index (χ0n) is 26.0. The Morgan fingerprint density at radius 2 is 0.812 bits per heavy atom. The summed E-state index contributed by atoms with van der Waals surface area (Å²) < 4.78 is 4.68. The fourth-order valence-corrected chi connectivity index (χ4v) is 7.36. The van der Waals surface area contributed by atoms with E-state index in [-0.39, 0.29) is 0 Å². The zero-order chi connectivity index (χ0) is 31.6. The molecule has 0 spiro atoms. The standard InChI is InChI=1S/C44H28N4/c1-2-12-31(13-3-1)47-41-21-11-7-16-35(41)37-28-30(24-27-42(37)47)43-36-17-4-8-18-38(36)45-44(46-43)29-22-25-32(26-23-29)48-39-19-9-5-14-33(39)34-15-6-10-20-40(34)48/h1-28H. The van der Waals surface area contributed by atoms with Gasteiger partial charge in [-0.2, -0.15) is 0 Å². The molecule has 3 heterocycles. The van der Waals surface area contributed by atoms with Crippen molar-refractivity contribution in [2.24, 2.45) is 0 Å². The maximum Gasteiger partial charge on any atom is 0.160 e. The van der Waals surface area contributed by atoms with E-state index in [1.165, 1.54) is 43.6 Å². The molecule has 0 aliphatic rings. The minimum atomic E-state index is 0.712. The maximum atomic E-state index is 5.26. The monoisotopic (exact) mass is 612 g/mol. The summed E-state index contributed by atoms with van der Waals surface area (Å²) in [5, 5.41) is 5.96. The minimum Gasteiger partial charge on any atom is -0.309 e. The second-order valence-corrected chi connectivity index (χ2v) is 12.2. The molecule has 0 fully saturated rings. The van der Waals surface area contributed by atoms with Crippen molar-refractivity contribution in [1.82, 2.24) is 19.1 Å². The van der Waals surface area contributed by atoms with Crippen LogP contribution in [0.2, 0.25) is 0 Å². The molecule has 0 atom stereocenters. The number of fused-ring (bicyclic) bond motifs is 7. The van der Waals surface area contributed by atoms with Crippen LogP contribution in [-0.2, 0) is 0 Å². The smallest absolute Gasteiger partial charge is 0.160 e. The molecule has 48 heavy (non-hydrogen) atoms. The minimum absolute atomic E-state index is 0.712. The quantitative estimate of drug-likeness (QED) is 0.198. The van der Waals surface area contributed by atoms with Crippen LogP contribution in [0.3, 0.4) is 0 Å². The fourth-order valence-electron chi connectivity index (χ4n) is 7.36. The number of hydrogen-bond acceptors (Lipinski definition) is 2. The van der Waals surface area contributed by atoms with Gasteiger partial charge in [-0.15, -0.1) is 0 Å². The molecule has 0 aliphatic heterocycles. The van der Waals surface area contributed by atoms with E-state index in [0.717, 1.165) is 39.1 Å². The number of aromatic nitrogens is 4. The second-order valence-electron chi connectivity index (χ2n) is 12.2. The maximum absolute atomic E-state index is 5.26. The fraction of sp³-hybridized carbons (Fsp3) is 0. The summed E-state index contributed by atoms with van der Waals surface area (Å²) in [4.78, 5) is 10.3. The van der Waals surface area contributed by atoms with Crippen LogP contribution in [0.15, 0.2) is 170 Å². The highest BCUT2D eigenvalue weighted by molar-refractivity contribution is 6.11. The van der Waals surface area contributed by atoms with Gasteiger partial charge in [-0.3, -0.25) is 0 Å². The average Bonchev–Trinajstić information content (AvgIpc) is 3.67. The molecular weight excluding hydrogens is 585 g/mol. The van der Waals surface area contributed by atoms with Gasteiger partial charge in [-0.1, -0.05) is 97.1 Å². The van der Waals surface area contributed by atoms with Gasteiger partial charge in [-0.25, -0.2) is 9.97 Å². The SMILES string of the molecule is c1ccc(-n2c3ccccc3c3cc(-c4nc(-c5ccc(-n6c7ccccc7c7ccccc76)cc5)nc5ccccc45)ccc32)cc1. The van der Waals surface area contributed by atoms with Gasteiger partial charge < -0.3 is 9.13 Å². The van der Waals surface area contributed by atoms with Crippen molar-refractivity contribution in [2.75, 3.05) is 0 Å². The van der Waals surface area contributed by atoms with Crippen molar-refractivity contribution in [3.8, 4) is 34.0 Å². The van der Waals surface area contributed by atoms with Crippen molar-refractivity contribution in [2.45, 2.75) is 0 Å². The molecule has 0 radical (unpaired) electrons. The van der Waals surface area contributed by atoms with E-state index >= 15 is 0 Å². The molecule has 0 saturated heterocycles. The van der Waals surface area contributed by atoms with E-state index in [2.05, 4.69) is 173 Å². The van der Waals surface area contributed by atoms with Crippen LogP contribution >= 0.6 is 0 Å². The molecule has 224 valence electrons.